The van der Waals surface area contributed by atoms with Gasteiger partial charge in [-0.05, 0) is 90.0 Å². The normalized spacial score (nSPS) is 10.9. The maximum atomic E-state index is 12.7. The van der Waals surface area contributed by atoms with Gasteiger partial charge in [0.2, 0.25) is 0 Å². The van der Waals surface area contributed by atoms with Crippen molar-refractivity contribution in [2.45, 2.75) is 34.1 Å². The van der Waals surface area contributed by atoms with Crippen LogP contribution in [0.1, 0.15) is 59.5 Å². The lowest BCUT2D eigenvalue weighted by Crippen LogP contribution is -2.12. The van der Waals surface area contributed by atoms with Crippen LogP contribution in [0.25, 0.3) is 0 Å². The molecule has 4 aromatic carbocycles. The largest absolute Gasteiger partial charge is 0.493 e. The van der Waals surface area contributed by atoms with E-state index in [1.54, 1.807) is 24.3 Å². The Balaban J connectivity index is 1.29. The molecular weight excluding hydrogens is 512 g/mol. The highest BCUT2D eigenvalue weighted by Crippen LogP contribution is 2.20. The third-order valence-electron chi connectivity index (χ3n) is 6.19. The van der Waals surface area contributed by atoms with Gasteiger partial charge in [-0.2, -0.15) is 0 Å². The summed E-state index contributed by atoms with van der Waals surface area (Å²) in [6.45, 7) is 9.55. The van der Waals surface area contributed by atoms with Crippen molar-refractivity contribution in [3.63, 3.8) is 0 Å². The summed E-state index contributed by atoms with van der Waals surface area (Å²) in [5.41, 5.74) is 4.78. The fourth-order valence-corrected chi connectivity index (χ4v) is 4.03. The lowest BCUT2D eigenvalue weighted by Gasteiger charge is -2.11. The van der Waals surface area contributed by atoms with Gasteiger partial charge in [0.25, 0.3) is 11.8 Å². The van der Waals surface area contributed by atoms with E-state index in [-0.39, 0.29) is 11.8 Å². The molecule has 4 rings (SSSR count). The Labute approximate surface area is 242 Å². The van der Waals surface area contributed by atoms with Crippen LogP contribution in [0.4, 0.5) is 11.4 Å². The number of hydrogen-bond donors (Lipinski definition) is 2. The molecule has 0 atom stereocenters. The molecule has 0 aliphatic rings. The first-order valence-corrected chi connectivity index (χ1v) is 14.0. The smallest absolute Gasteiger partial charge is 0.255 e. The van der Waals surface area contributed by atoms with Crippen LogP contribution < -0.4 is 20.1 Å². The maximum absolute atomic E-state index is 12.7. The Kier molecular flexibility index (Phi) is 10.2. The van der Waals surface area contributed by atoms with Crippen molar-refractivity contribution < 1.29 is 19.1 Å². The zero-order valence-corrected chi connectivity index (χ0v) is 24.1. The Morgan fingerprint density at radius 1 is 0.585 bits per heavy atom. The molecule has 0 aromatic heterocycles. The van der Waals surface area contributed by atoms with Gasteiger partial charge in [0.05, 0.1) is 13.2 Å². The standard InChI is InChI=1S/C35H38N2O4/c1-24(2)22-40-32-9-5-7-28(20-32)34(38)36-30-15-11-26(12-16-30)19-27-13-17-31(18-14-27)37-35(39)29-8-6-10-33(21-29)41-23-25(3)4/h5-18,20-21,24-25H,19,22-23H2,1-4H3,(H,36,38)(H,37,39). The molecule has 6 heteroatoms. The minimum absolute atomic E-state index is 0.180. The maximum Gasteiger partial charge on any atom is 0.255 e. The van der Waals surface area contributed by atoms with Crippen LogP contribution in [-0.4, -0.2) is 25.0 Å². The van der Waals surface area contributed by atoms with Crippen molar-refractivity contribution in [1.82, 2.24) is 0 Å². The monoisotopic (exact) mass is 550 g/mol. The molecule has 4 aromatic rings. The minimum atomic E-state index is -0.180. The SMILES string of the molecule is CC(C)COc1cccc(C(=O)Nc2ccc(Cc3ccc(NC(=O)c4cccc(OCC(C)C)c4)cc3)cc2)c1. The molecule has 0 aliphatic carbocycles. The van der Waals surface area contributed by atoms with Crippen LogP contribution in [-0.2, 0) is 6.42 Å². The number of anilines is 2. The average molecular weight is 551 g/mol. The number of hydrogen-bond acceptors (Lipinski definition) is 4. The zero-order chi connectivity index (χ0) is 29.2. The number of amides is 2. The van der Waals surface area contributed by atoms with Gasteiger partial charge in [0, 0.05) is 22.5 Å². The first-order chi connectivity index (χ1) is 19.7. The van der Waals surface area contributed by atoms with E-state index in [2.05, 4.69) is 38.3 Å². The van der Waals surface area contributed by atoms with Gasteiger partial charge >= 0.3 is 0 Å². The molecule has 0 saturated heterocycles. The Bertz CT molecular complexity index is 1330. The molecule has 41 heavy (non-hydrogen) atoms. The van der Waals surface area contributed by atoms with Crippen LogP contribution >= 0.6 is 0 Å². The van der Waals surface area contributed by atoms with E-state index in [4.69, 9.17) is 9.47 Å². The fourth-order valence-electron chi connectivity index (χ4n) is 4.03. The van der Waals surface area contributed by atoms with E-state index in [1.165, 1.54) is 0 Å². The minimum Gasteiger partial charge on any atom is -0.493 e. The molecule has 0 aliphatic heterocycles. The molecule has 0 bridgehead atoms. The fraction of sp³-hybridized carbons (Fsp3) is 0.257. The molecule has 6 nitrogen and oxygen atoms in total. The van der Waals surface area contributed by atoms with Crippen LogP contribution in [0.5, 0.6) is 11.5 Å². The summed E-state index contributed by atoms with van der Waals surface area (Å²) in [6, 6.07) is 30.1. The molecule has 0 unspecified atom stereocenters. The quantitative estimate of drug-likeness (QED) is 0.188. The Morgan fingerprint density at radius 3 is 1.34 bits per heavy atom. The molecule has 212 valence electrons. The Morgan fingerprint density at radius 2 is 0.976 bits per heavy atom. The topological polar surface area (TPSA) is 76.7 Å². The number of nitrogens with one attached hydrogen (secondary N) is 2. The third kappa shape index (κ3) is 9.24. The van der Waals surface area contributed by atoms with Crippen LogP contribution in [0, 0.1) is 11.8 Å². The highest BCUT2D eigenvalue weighted by molar-refractivity contribution is 6.05. The van der Waals surface area contributed by atoms with Gasteiger partial charge in [0.15, 0.2) is 0 Å². The van der Waals surface area contributed by atoms with Crippen molar-refractivity contribution in [2.24, 2.45) is 11.8 Å². The lowest BCUT2D eigenvalue weighted by atomic mass is 10.0. The van der Waals surface area contributed by atoms with Gasteiger partial charge in [-0.3, -0.25) is 9.59 Å². The van der Waals surface area contributed by atoms with Gasteiger partial charge in [-0.15, -0.1) is 0 Å². The van der Waals surface area contributed by atoms with Crippen molar-refractivity contribution in [1.29, 1.82) is 0 Å². The second-order valence-corrected chi connectivity index (χ2v) is 10.9. The van der Waals surface area contributed by atoms with Crippen LogP contribution in [0.2, 0.25) is 0 Å². The van der Waals surface area contributed by atoms with Crippen molar-refractivity contribution >= 4 is 23.2 Å². The van der Waals surface area contributed by atoms with E-state index in [9.17, 15) is 9.59 Å². The second-order valence-electron chi connectivity index (χ2n) is 10.9. The van der Waals surface area contributed by atoms with Crippen molar-refractivity contribution in [3.05, 3.63) is 119 Å². The number of carbonyl (C=O) groups excluding carboxylic acids is 2. The number of ether oxygens (including phenoxy) is 2. The molecule has 0 spiro atoms. The van der Waals surface area contributed by atoms with E-state index in [0.29, 0.717) is 47.7 Å². The number of rotatable bonds is 12. The second kappa shape index (κ2) is 14.2. The average Bonchev–Trinajstić information content (AvgIpc) is 2.97. The van der Waals surface area contributed by atoms with E-state index in [1.807, 2.05) is 72.8 Å². The first kappa shape index (κ1) is 29.4. The lowest BCUT2D eigenvalue weighted by molar-refractivity contribution is 0.101. The number of benzene rings is 4. The summed E-state index contributed by atoms with van der Waals surface area (Å²) in [4.78, 5) is 25.5. The molecule has 2 N–H and O–H groups in total. The predicted octanol–water partition coefficient (Wildman–Crippen LogP) is 7.85. The van der Waals surface area contributed by atoms with Gasteiger partial charge in [-0.25, -0.2) is 0 Å². The number of carbonyl (C=O) groups is 2. The summed E-state index contributed by atoms with van der Waals surface area (Å²) in [6.07, 6.45) is 0.729. The first-order valence-electron chi connectivity index (χ1n) is 14.0. The summed E-state index contributed by atoms with van der Waals surface area (Å²) in [7, 11) is 0. The zero-order valence-electron chi connectivity index (χ0n) is 24.1. The summed E-state index contributed by atoms with van der Waals surface area (Å²) < 4.78 is 11.5. The third-order valence-corrected chi connectivity index (χ3v) is 6.19. The van der Waals surface area contributed by atoms with Gasteiger partial charge < -0.3 is 20.1 Å². The highest BCUT2D eigenvalue weighted by atomic mass is 16.5. The molecule has 2 amide bonds. The summed E-state index contributed by atoms with van der Waals surface area (Å²) in [5, 5.41) is 5.91. The van der Waals surface area contributed by atoms with Gasteiger partial charge in [-0.1, -0.05) is 64.1 Å². The summed E-state index contributed by atoms with van der Waals surface area (Å²) in [5.74, 6) is 1.84. The molecule has 0 radical (unpaired) electrons. The van der Waals surface area contributed by atoms with Crippen LogP contribution in [0.15, 0.2) is 97.1 Å². The molecule has 0 saturated carbocycles. The molecule has 0 fully saturated rings. The van der Waals surface area contributed by atoms with Crippen molar-refractivity contribution in [2.75, 3.05) is 23.8 Å². The van der Waals surface area contributed by atoms with Crippen LogP contribution in [0.3, 0.4) is 0 Å². The molecular formula is C35H38N2O4. The van der Waals surface area contributed by atoms with Gasteiger partial charge in [0.1, 0.15) is 11.5 Å². The van der Waals surface area contributed by atoms with Crippen molar-refractivity contribution in [3.8, 4) is 11.5 Å². The highest BCUT2D eigenvalue weighted by Gasteiger charge is 2.10. The van der Waals surface area contributed by atoms with E-state index >= 15 is 0 Å². The Hall–Kier alpha value is -4.58. The molecule has 0 heterocycles. The van der Waals surface area contributed by atoms with E-state index in [0.717, 1.165) is 28.9 Å². The predicted molar refractivity (Wildman–Crippen MR) is 165 cm³/mol. The summed E-state index contributed by atoms with van der Waals surface area (Å²) >= 11 is 0. The van der Waals surface area contributed by atoms with E-state index < -0.39 is 0 Å².